The van der Waals surface area contributed by atoms with E-state index in [4.69, 9.17) is 0 Å². The van der Waals surface area contributed by atoms with E-state index in [9.17, 15) is 8.78 Å². The monoisotopic (exact) mass is 293 g/mol. The molecule has 3 nitrogen and oxygen atoms in total. The normalized spacial score (nSPS) is 12.7. The Morgan fingerprint density at radius 2 is 1.81 bits per heavy atom. The maximum absolute atomic E-state index is 13.1. The van der Waals surface area contributed by atoms with Crippen LogP contribution >= 0.6 is 0 Å². The number of nitrogens with zero attached hydrogens (tertiary/aromatic N) is 2. The number of hydrogen-bond donors (Lipinski definition) is 1. The molecule has 0 radical (unpaired) electrons. The predicted molar refractivity (Wildman–Crippen MR) is 79.2 cm³/mol. The average molecular weight is 293 g/mol. The number of rotatable bonds is 5. The third-order valence-corrected chi connectivity index (χ3v) is 3.78. The number of aryl methyl sites for hydroxylation is 2. The van der Waals surface area contributed by atoms with E-state index in [1.165, 1.54) is 17.7 Å². The summed E-state index contributed by atoms with van der Waals surface area (Å²) in [7, 11) is 1.92. The van der Waals surface area contributed by atoms with E-state index in [0.717, 1.165) is 17.5 Å². The summed E-state index contributed by atoms with van der Waals surface area (Å²) in [6, 6.07) is 3.78. The van der Waals surface area contributed by atoms with Crippen molar-refractivity contribution in [3.05, 3.63) is 52.3 Å². The van der Waals surface area contributed by atoms with Gasteiger partial charge in [0.05, 0.1) is 5.69 Å². The van der Waals surface area contributed by atoms with Crippen LogP contribution in [0, 0.1) is 25.5 Å². The van der Waals surface area contributed by atoms with E-state index in [-0.39, 0.29) is 6.04 Å². The third-order valence-electron chi connectivity index (χ3n) is 3.78. The van der Waals surface area contributed by atoms with Crippen molar-refractivity contribution >= 4 is 0 Å². The Labute approximate surface area is 124 Å². The van der Waals surface area contributed by atoms with Crippen molar-refractivity contribution in [2.24, 2.45) is 7.05 Å². The summed E-state index contributed by atoms with van der Waals surface area (Å²) in [5.41, 5.74) is 3.98. The van der Waals surface area contributed by atoms with Gasteiger partial charge < -0.3 is 5.32 Å². The zero-order valence-electron chi connectivity index (χ0n) is 12.9. The van der Waals surface area contributed by atoms with Gasteiger partial charge in [0.2, 0.25) is 0 Å². The van der Waals surface area contributed by atoms with Gasteiger partial charge in [-0.25, -0.2) is 8.78 Å². The SMILES string of the molecule is Cc1nn(C)c(C)c1C(C)NCCc1cc(F)cc(F)c1. The smallest absolute Gasteiger partial charge is 0.126 e. The highest BCUT2D eigenvalue weighted by Crippen LogP contribution is 2.20. The molecule has 0 amide bonds. The van der Waals surface area contributed by atoms with E-state index in [0.29, 0.717) is 18.5 Å². The summed E-state index contributed by atoms with van der Waals surface area (Å²) in [4.78, 5) is 0. The number of hydrogen-bond acceptors (Lipinski definition) is 2. The van der Waals surface area contributed by atoms with Crippen LogP contribution in [0.5, 0.6) is 0 Å². The first kappa shape index (κ1) is 15.6. The van der Waals surface area contributed by atoms with Crippen molar-refractivity contribution in [2.75, 3.05) is 6.54 Å². The molecule has 0 spiro atoms. The molecule has 0 aliphatic carbocycles. The average Bonchev–Trinajstić information content (AvgIpc) is 2.62. The van der Waals surface area contributed by atoms with Crippen molar-refractivity contribution < 1.29 is 8.78 Å². The molecule has 2 aromatic rings. The van der Waals surface area contributed by atoms with Crippen molar-refractivity contribution in [2.45, 2.75) is 33.2 Å². The Bertz CT molecular complexity index is 614. The highest BCUT2D eigenvalue weighted by atomic mass is 19.1. The van der Waals surface area contributed by atoms with E-state index < -0.39 is 11.6 Å². The Hall–Kier alpha value is -1.75. The van der Waals surface area contributed by atoms with Gasteiger partial charge in [-0.2, -0.15) is 5.10 Å². The first-order chi connectivity index (χ1) is 9.88. The minimum Gasteiger partial charge on any atom is -0.310 e. The lowest BCUT2D eigenvalue weighted by atomic mass is 10.1. The molecule has 1 atom stereocenters. The lowest BCUT2D eigenvalue weighted by Crippen LogP contribution is -2.22. The fraction of sp³-hybridized carbons (Fsp3) is 0.438. The topological polar surface area (TPSA) is 29.9 Å². The van der Waals surface area contributed by atoms with E-state index >= 15 is 0 Å². The Kier molecular flexibility index (Phi) is 4.73. The molecule has 1 aromatic heterocycles. The van der Waals surface area contributed by atoms with Gasteiger partial charge in [0.15, 0.2) is 0 Å². The van der Waals surface area contributed by atoms with E-state index in [1.54, 1.807) is 0 Å². The predicted octanol–water partition coefficient (Wildman–Crippen LogP) is 3.21. The molecule has 1 aromatic carbocycles. The van der Waals surface area contributed by atoms with Gasteiger partial charge in [-0.3, -0.25) is 4.68 Å². The molecule has 5 heteroatoms. The molecule has 0 aliphatic heterocycles. The van der Waals surface area contributed by atoms with Crippen molar-refractivity contribution in [1.29, 1.82) is 0 Å². The molecule has 1 heterocycles. The molecule has 0 saturated heterocycles. The van der Waals surface area contributed by atoms with Gasteiger partial charge >= 0.3 is 0 Å². The number of aromatic nitrogens is 2. The van der Waals surface area contributed by atoms with Gasteiger partial charge in [-0.05, 0) is 51.4 Å². The fourth-order valence-corrected chi connectivity index (χ4v) is 2.71. The molecule has 1 unspecified atom stereocenters. The van der Waals surface area contributed by atoms with Crippen LogP contribution < -0.4 is 5.32 Å². The zero-order valence-corrected chi connectivity index (χ0v) is 12.9. The zero-order chi connectivity index (χ0) is 15.6. The van der Waals surface area contributed by atoms with Crippen molar-refractivity contribution in [3.63, 3.8) is 0 Å². The minimum absolute atomic E-state index is 0.150. The summed E-state index contributed by atoms with van der Waals surface area (Å²) in [5.74, 6) is -1.06. The largest absolute Gasteiger partial charge is 0.310 e. The van der Waals surface area contributed by atoms with Crippen LogP contribution in [0.15, 0.2) is 18.2 Å². The van der Waals surface area contributed by atoms with E-state index in [1.807, 2.05) is 25.6 Å². The summed E-state index contributed by atoms with van der Waals surface area (Å²) < 4.78 is 28.1. The molecular formula is C16H21F2N3. The van der Waals surface area contributed by atoms with Gasteiger partial charge in [0.1, 0.15) is 11.6 Å². The molecule has 1 N–H and O–H groups in total. The summed E-state index contributed by atoms with van der Waals surface area (Å²) in [5, 5.41) is 7.78. The van der Waals surface area contributed by atoms with Crippen LogP contribution in [-0.4, -0.2) is 16.3 Å². The second-order valence-corrected chi connectivity index (χ2v) is 5.41. The Balaban J connectivity index is 1.96. The maximum Gasteiger partial charge on any atom is 0.126 e. The van der Waals surface area contributed by atoms with Gasteiger partial charge in [0, 0.05) is 30.4 Å². The lowest BCUT2D eigenvalue weighted by molar-refractivity contribution is 0.560. The van der Waals surface area contributed by atoms with Crippen molar-refractivity contribution in [3.8, 4) is 0 Å². The maximum atomic E-state index is 13.1. The minimum atomic E-state index is -0.531. The highest BCUT2D eigenvalue weighted by molar-refractivity contribution is 5.27. The first-order valence-electron chi connectivity index (χ1n) is 7.07. The molecule has 0 fully saturated rings. The molecule has 2 rings (SSSR count). The van der Waals surface area contributed by atoms with Crippen LogP contribution in [0.25, 0.3) is 0 Å². The standard InChI is InChI=1S/C16H21F2N3/c1-10(16-11(2)20-21(4)12(16)3)19-6-5-13-7-14(17)9-15(18)8-13/h7-10,19H,5-6H2,1-4H3. The van der Waals surface area contributed by atoms with Crippen LogP contribution in [-0.2, 0) is 13.5 Å². The summed E-state index contributed by atoms with van der Waals surface area (Å²) in [6.45, 7) is 6.75. The number of halogens is 2. The van der Waals surface area contributed by atoms with Gasteiger partial charge in [-0.1, -0.05) is 0 Å². The van der Waals surface area contributed by atoms with Crippen LogP contribution in [0.1, 0.15) is 35.5 Å². The third kappa shape index (κ3) is 3.67. The van der Waals surface area contributed by atoms with Crippen LogP contribution in [0.2, 0.25) is 0 Å². The van der Waals surface area contributed by atoms with E-state index in [2.05, 4.69) is 17.3 Å². The second-order valence-electron chi connectivity index (χ2n) is 5.41. The van der Waals surface area contributed by atoms with Crippen molar-refractivity contribution in [1.82, 2.24) is 15.1 Å². The van der Waals surface area contributed by atoms with Gasteiger partial charge in [-0.15, -0.1) is 0 Å². The Morgan fingerprint density at radius 3 is 2.33 bits per heavy atom. The summed E-state index contributed by atoms with van der Waals surface area (Å²) >= 11 is 0. The molecule has 21 heavy (non-hydrogen) atoms. The Morgan fingerprint density at radius 1 is 1.19 bits per heavy atom. The second kappa shape index (κ2) is 6.35. The summed E-state index contributed by atoms with van der Waals surface area (Å²) in [6.07, 6.45) is 0.581. The molecule has 0 saturated carbocycles. The lowest BCUT2D eigenvalue weighted by Gasteiger charge is -2.15. The van der Waals surface area contributed by atoms with Gasteiger partial charge in [0.25, 0.3) is 0 Å². The molecule has 0 bridgehead atoms. The van der Waals surface area contributed by atoms with Crippen LogP contribution in [0.3, 0.4) is 0 Å². The number of benzene rings is 1. The van der Waals surface area contributed by atoms with Crippen LogP contribution in [0.4, 0.5) is 8.78 Å². The fourth-order valence-electron chi connectivity index (χ4n) is 2.71. The number of nitrogens with one attached hydrogen (secondary N) is 1. The highest BCUT2D eigenvalue weighted by Gasteiger charge is 2.15. The molecule has 114 valence electrons. The molecule has 0 aliphatic rings. The molecular weight excluding hydrogens is 272 g/mol. The first-order valence-corrected chi connectivity index (χ1v) is 7.07. The quantitative estimate of drug-likeness (QED) is 0.917.